The predicted octanol–water partition coefficient (Wildman–Crippen LogP) is 4.93. The first-order valence-corrected chi connectivity index (χ1v) is 8.90. The van der Waals surface area contributed by atoms with Gasteiger partial charge < -0.3 is 9.84 Å². The highest BCUT2D eigenvalue weighted by molar-refractivity contribution is 5.69. The molecule has 0 spiro atoms. The highest BCUT2D eigenvalue weighted by Crippen LogP contribution is 2.27. The maximum absolute atomic E-state index is 11.3. The number of rotatable bonds is 8. The molecule has 134 valence electrons. The standard InChI is InChI=1S/C22H28O3/c1-16(14-22(24)25-3)4-5-17(2)19-10-12-21(13-11-19)20-8-6-18(15-23)7-9-20/h6-13,16-17,23H,4-5,14-15H2,1-3H3/t16-,17?/m0/s1. The summed E-state index contributed by atoms with van der Waals surface area (Å²) >= 11 is 0. The molecule has 0 fully saturated rings. The van der Waals surface area contributed by atoms with Gasteiger partial charge in [-0.3, -0.25) is 4.79 Å². The number of ether oxygens (including phenoxy) is 1. The van der Waals surface area contributed by atoms with Crippen LogP contribution in [-0.2, 0) is 16.1 Å². The van der Waals surface area contributed by atoms with Crippen LogP contribution in [0.15, 0.2) is 48.5 Å². The summed E-state index contributed by atoms with van der Waals surface area (Å²) in [5.74, 6) is 0.682. The van der Waals surface area contributed by atoms with Gasteiger partial charge in [-0.05, 0) is 46.9 Å². The van der Waals surface area contributed by atoms with Gasteiger partial charge in [-0.15, -0.1) is 0 Å². The van der Waals surface area contributed by atoms with Crippen molar-refractivity contribution in [1.29, 1.82) is 0 Å². The van der Waals surface area contributed by atoms with E-state index in [2.05, 4.69) is 38.1 Å². The van der Waals surface area contributed by atoms with Crippen LogP contribution in [0.5, 0.6) is 0 Å². The van der Waals surface area contributed by atoms with Gasteiger partial charge in [-0.1, -0.05) is 62.4 Å². The zero-order valence-electron chi connectivity index (χ0n) is 15.4. The van der Waals surface area contributed by atoms with E-state index in [0.717, 1.165) is 24.0 Å². The molecule has 2 aromatic rings. The number of hydrogen-bond donors (Lipinski definition) is 1. The number of benzene rings is 2. The summed E-state index contributed by atoms with van der Waals surface area (Å²) in [5, 5.41) is 9.12. The first kappa shape index (κ1) is 19.2. The third kappa shape index (κ3) is 5.71. The van der Waals surface area contributed by atoms with E-state index in [-0.39, 0.29) is 12.6 Å². The van der Waals surface area contributed by atoms with E-state index in [4.69, 9.17) is 9.84 Å². The molecular weight excluding hydrogens is 312 g/mol. The van der Waals surface area contributed by atoms with Gasteiger partial charge in [0.25, 0.3) is 0 Å². The first-order valence-electron chi connectivity index (χ1n) is 8.90. The van der Waals surface area contributed by atoms with E-state index in [1.807, 2.05) is 24.3 Å². The Labute approximate surface area is 150 Å². The smallest absolute Gasteiger partial charge is 0.305 e. The van der Waals surface area contributed by atoms with Crippen molar-refractivity contribution >= 4 is 5.97 Å². The number of esters is 1. The van der Waals surface area contributed by atoms with Crippen LogP contribution >= 0.6 is 0 Å². The summed E-state index contributed by atoms with van der Waals surface area (Å²) in [4.78, 5) is 11.3. The normalized spacial score (nSPS) is 13.3. The number of carbonyl (C=O) groups is 1. The summed E-state index contributed by atoms with van der Waals surface area (Å²) < 4.78 is 4.73. The molecular formula is C22H28O3. The SMILES string of the molecule is COC(=O)C[C@@H](C)CCC(C)c1ccc(-c2ccc(CO)cc2)cc1. The van der Waals surface area contributed by atoms with Crippen molar-refractivity contribution in [2.45, 2.75) is 45.6 Å². The molecule has 0 saturated carbocycles. The van der Waals surface area contributed by atoms with Crippen molar-refractivity contribution in [3.05, 3.63) is 59.7 Å². The molecule has 0 saturated heterocycles. The topological polar surface area (TPSA) is 46.5 Å². The second-order valence-corrected chi connectivity index (χ2v) is 6.84. The number of aliphatic hydroxyl groups excluding tert-OH is 1. The van der Waals surface area contributed by atoms with E-state index >= 15 is 0 Å². The van der Waals surface area contributed by atoms with Gasteiger partial charge in [0.15, 0.2) is 0 Å². The molecule has 0 aliphatic rings. The summed E-state index contributed by atoms with van der Waals surface area (Å²) in [7, 11) is 1.44. The zero-order chi connectivity index (χ0) is 18.2. The van der Waals surface area contributed by atoms with E-state index in [1.54, 1.807) is 0 Å². The molecule has 1 unspecified atom stereocenters. The zero-order valence-corrected chi connectivity index (χ0v) is 15.4. The van der Waals surface area contributed by atoms with E-state index in [0.29, 0.717) is 18.3 Å². The molecule has 2 rings (SSSR count). The highest BCUT2D eigenvalue weighted by atomic mass is 16.5. The lowest BCUT2D eigenvalue weighted by molar-refractivity contribution is -0.141. The van der Waals surface area contributed by atoms with E-state index < -0.39 is 0 Å². The van der Waals surface area contributed by atoms with Crippen LogP contribution in [0.3, 0.4) is 0 Å². The van der Waals surface area contributed by atoms with Crippen molar-refractivity contribution in [1.82, 2.24) is 0 Å². The van der Waals surface area contributed by atoms with E-state index in [1.165, 1.54) is 18.2 Å². The molecule has 2 aromatic carbocycles. The largest absolute Gasteiger partial charge is 0.469 e. The van der Waals surface area contributed by atoms with Crippen LogP contribution in [0.1, 0.15) is 50.2 Å². The Morgan fingerprint density at radius 1 is 0.960 bits per heavy atom. The second kappa shape index (κ2) is 9.38. The molecule has 0 bridgehead atoms. The third-order valence-corrected chi connectivity index (χ3v) is 4.78. The molecule has 0 heterocycles. The van der Waals surface area contributed by atoms with Gasteiger partial charge in [0.05, 0.1) is 13.7 Å². The van der Waals surface area contributed by atoms with Crippen LogP contribution in [0.25, 0.3) is 11.1 Å². The summed E-state index contributed by atoms with van der Waals surface area (Å²) in [6, 6.07) is 16.7. The minimum atomic E-state index is -0.128. The van der Waals surface area contributed by atoms with Crippen LogP contribution < -0.4 is 0 Å². The van der Waals surface area contributed by atoms with Crippen molar-refractivity contribution < 1.29 is 14.6 Å². The number of methoxy groups -OCH3 is 1. The van der Waals surface area contributed by atoms with Gasteiger partial charge in [0, 0.05) is 6.42 Å². The molecule has 0 amide bonds. The Kier molecular flexibility index (Phi) is 7.20. The number of hydrogen-bond acceptors (Lipinski definition) is 3. The lowest BCUT2D eigenvalue weighted by atomic mass is 9.90. The Hall–Kier alpha value is -2.13. The van der Waals surface area contributed by atoms with Gasteiger partial charge in [0.1, 0.15) is 0 Å². The lowest BCUT2D eigenvalue weighted by Crippen LogP contribution is -2.08. The summed E-state index contributed by atoms with van der Waals surface area (Å²) in [6.45, 7) is 4.41. The average molecular weight is 340 g/mol. The number of carbonyl (C=O) groups excluding carboxylic acids is 1. The van der Waals surface area contributed by atoms with Gasteiger partial charge in [0.2, 0.25) is 0 Å². The number of aliphatic hydroxyl groups is 1. The van der Waals surface area contributed by atoms with Crippen LogP contribution in [-0.4, -0.2) is 18.2 Å². The van der Waals surface area contributed by atoms with E-state index in [9.17, 15) is 4.79 Å². The fourth-order valence-corrected chi connectivity index (χ4v) is 2.98. The molecule has 0 aliphatic heterocycles. The van der Waals surface area contributed by atoms with Crippen LogP contribution in [0.2, 0.25) is 0 Å². The second-order valence-electron chi connectivity index (χ2n) is 6.84. The minimum Gasteiger partial charge on any atom is -0.469 e. The predicted molar refractivity (Wildman–Crippen MR) is 101 cm³/mol. The molecule has 3 heteroatoms. The fourth-order valence-electron chi connectivity index (χ4n) is 2.98. The maximum atomic E-state index is 11.3. The molecule has 1 N–H and O–H groups in total. The highest BCUT2D eigenvalue weighted by Gasteiger charge is 2.12. The molecule has 0 radical (unpaired) electrons. The van der Waals surface area contributed by atoms with Crippen LogP contribution in [0.4, 0.5) is 0 Å². The fraction of sp³-hybridized carbons (Fsp3) is 0.409. The maximum Gasteiger partial charge on any atom is 0.305 e. The molecule has 25 heavy (non-hydrogen) atoms. The summed E-state index contributed by atoms with van der Waals surface area (Å²) in [5.41, 5.74) is 4.58. The molecule has 2 atom stereocenters. The first-order chi connectivity index (χ1) is 12.0. The molecule has 0 aromatic heterocycles. The van der Waals surface area contributed by atoms with Gasteiger partial charge in [-0.25, -0.2) is 0 Å². The average Bonchev–Trinajstić information content (AvgIpc) is 2.66. The Morgan fingerprint density at radius 3 is 2.04 bits per heavy atom. The lowest BCUT2D eigenvalue weighted by Gasteiger charge is -2.16. The van der Waals surface area contributed by atoms with Crippen molar-refractivity contribution in [3.63, 3.8) is 0 Å². The molecule has 0 aliphatic carbocycles. The monoisotopic (exact) mass is 340 g/mol. The minimum absolute atomic E-state index is 0.0745. The van der Waals surface area contributed by atoms with Crippen molar-refractivity contribution in [3.8, 4) is 11.1 Å². The summed E-state index contributed by atoms with van der Waals surface area (Å²) in [6.07, 6.45) is 2.56. The quantitative estimate of drug-likeness (QED) is 0.693. The van der Waals surface area contributed by atoms with Crippen LogP contribution in [0, 0.1) is 5.92 Å². The molecule has 3 nitrogen and oxygen atoms in total. The Morgan fingerprint density at radius 2 is 1.52 bits per heavy atom. The Balaban J connectivity index is 1.93. The van der Waals surface area contributed by atoms with Crippen molar-refractivity contribution in [2.24, 2.45) is 5.92 Å². The Bertz CT molecular complexity index is 659. The van der Waals surface area contributed by atoms with Gasteiger partial charge in [-0.2, -0.15) is 0 Å². The third-order valence-electron chi connectivity index (χ3n) is 4.78. The van der Waals surface area contributed by atoms with Gasteiger partial charge >= 0.3 is 5.97 Å². The van der Waals surface area contributed by atoms with Crippen molar-refractivity contribution in [2.75, 3.05) is 7.11 Å².